The molecule has 0 amide bonds. The van der Waals surface area contributed by atoms with E-state index in [-0.39, 0.29) is 17.7 Å². The topological polar surface area (TPSA) is 44.3 Å². The lowest BCUT2D eigenvalue weighted by atomic mass is 9.92. The van der Waals surface area contributed by atoms with Crippen LogP contribution < -0.4 is 10.2 Å². The fourth-order valence-electron chi connectivity index (χ4n) is 5.60. The molecule has 0 radical (unpaired) electrons. The van der Waals surface area contributed by atoms with Crippen LogP contribution in [0, 0.1) is 29.2 Å². The highest BCUT2D eigenvalue weighted by Gasteiger charge is 2.29. The molecule has 9 heteroatoms. The highest BCUT2D eigenvalue weighted by atomic mass is 19.1. The number of likely N-dealkylation sites (tertiary alicyclic amines) is 1. The van der Waals surface area contributed by atoms with Gasteiger partial charge in [-0.25, -0.2) is 22.5 Å². The van der Waals surface area contributed by atoms with Crippen molar-refractivity contribution in [2.75, 3.05) is 36.4 Å². The smallest absolute Gasteiger partial charge is 0.227 e. The molecule has 1 aromatic heterocycles. The normalized spacial score (nSPS) is 19.1. The summed E-state index contributed by atoms with van der Waals surface area (Å²) in [7, 11) is 0. The van der Waals surface area contributed by atoms with Gasteiger partial charge in [-0.3, -0.25) is 4.90 Å². The van der Waals surface area contributed by atoms with Crippen molar-refractivity contribution in [3.05, 3.63) is 71.4 Å². The molecule has 5 rings (SSSR count). The molecule has 0 spiro atoms. The standard InChI is InChI=1S/C29H33F4N5/c1-2-19-4-3-11-38(18-19)23-9-12-37(13-10-23)29-35-17-25(24-8-7-22(31)15-27(24)33)28(36-29)34-16-20-5-6-21(30)14-26(20)32/h5-8,14-15,17,19,23H,2-4,9-13,16,18H2,1H3,(H,34,35,36). The molecule has 3 aromatic rings. The van der Waals surface area contributed by atoms with E-state index >= 15 is 0 Å². The van der Waals surface area contributed by atoms with Crippen molar-refractivity contribution in [2.24, 2.45) is 5.92 Å². The fraction of sp³-hybridized carbons (Fsp3) is 0.448. The summed E-state index contributed by atoms with van der Waals surface area (Å²) in [6.45, 7) is 6.20. The minimum absolute atomic E-state index is 0.00795. The number of nitrogens with one attached hydrogen (secondary N) is 1. The second kappa shape index (κ2) is 11.7. The zero-order chi connectivity index (χ0) is 26.6. The van der Waals surface area contributed by atoms with Gasteiger partial charge in [0.15, 0.2) is 0 Å². The average Bonchev–Trinajstić information content (AvgIpc) is 2.93. The van der Waals surface area contributed by atoms with E-state index in [4.69, 9.17) is 4.98 Å². The number of rotatable bonds is 7. The van der Waals surface area contributed by atoms with Crippen molar-refractivity contribution >= 4 is 11.8 Å². The molecule has 202 valence electrons. The summed E-state index contributed by atoms with van der Waals surface area (Å²) in [6, 6.07) is 7.21. The average molecular weight is 528 g/mol. The third-order valence-electron chi connectivity index (χ3n) is 7.85. The minimum Gasteiger partial charge on any atom is -0.365 e. The molecule has 0 saturated carbocycles. The van der Waals surface area contributed by atoms with Gasteiger partial charge in [-0.1, -0.05) is 19.4 Å². The number of nitrogens with zero attached hydrogens (tertiary/aromatic N) is 4. The number of piperidine rings is 2. The number of halogens is 4. The van der Waals surface area contributed by atoms with Crippen LogP contribution in [0.25, 0.3) is 11.1 Å². The van der Waals surface area contributed by atoms with E-state index in [0.29, 0.717) is 23.4 Å². The van der Waals surface area contributed by atoms with Crippen LogP contribution in [0.5, 0.6) is 0 Å². The lowest BCUT2D eigenvalue weighted by Gasteiger charge is -2.42. The van der Waals surface area contributed by atoms with E-state index in [2.05, 4.69) is 27.0 Å². The Morgan fingerprint density at radius 3 is 2.34 bits per heavy atom. The van der Waals surface area contributed by atoms with Crippen LogP contribution in [-0.2, 0) is 6.54 Å². The summed E-state index contributed by atoms with van der Waals surface area (Å²) in [6.07, 6.45) is 7.34. The maximum atomic E-state index is 14.7. The van der Waals surface area contributed by atoms with Gasteiger partial charge >= 0.3 is 0 Å². The molecular weight excluding hydrogens is 494 g/mol. The predicted octanol–water partition coefficient (Wildman–Crippen LogP) is 6.40. The highest BCUT2D eigenvalue weighted by Crippen LogP contribution is 2.32. The van der Waals surface area contributed by atoms with Gasteiger partial charge in [0, 0.05) is 67.2 Å². The first-order chi connectivity index (χ1) is 18.4. The Morgan fingerprint density at radius 1 is 0.895 bits per heavy atom. The molecule has 1 unspecified atom stereocenters. The molecule has 2 aliphatic rings. The van der Waals surface area contributed by atoms with Crippen molar-refractivity contribution in [1.82, 2.24) is 14.9 Å². The quantitative estimate of drug-likeness (QED) is 0.360. The fourth-order valence-corrected chi connectivity index (χ4v) is 5.60. The zero-order valence-corrected chi connectivity index (χ0v) is 21.6. The first kappa shape index (κ1) is 26.4. The van der Waals surface area contributed by atoms with Gasteiger partial charge in [0.25, 0.3) is 0 Å². The molecule has 2 saturated heterocycles. The highest BCUT2D eigenvalue weighted by molar-refractivity contribution is 5.75. The van der Waals surface area contributed by atoms with Crippen molar-refractivity contribution in [3.8, 4) is 11.1 Å². The SMILES string of the molecule is CCC1CCCN(C2CCN(c3ncc(-c4ccc(F)cc4F)c(NCc4ccc(F)cc4F)n3)CC2)C1. The van der Waals surface area contributed by atoms with E-state index in [1.807, 2.05) is 0 Å². The Labute approximate surface area is 220 Å². The Kier molecular flexibility index (Phi) is 8.12. The Hall–Kier alpha value is -3.20. The first-order valence-electron chi connectivity index (χ1n) is 13.4. The van der Waals surface area contributed by atoms with Crippen LogP contribution >= 0.6 is 0 Å². The molecule has 1 atom stereocenters. The molecular formula is C29H33F4N5. The van der Waals surface area contributed by atoms with E-state index in [1.165, 1.54) is 56.3 Å². The van der Waals surface area contributed by atoms with Gasteiger partial charge in [-0.2, -0.15) is 4.98 Å². The van der Waals surface area contributed by atoms with Crippen LogP contribution in [0.1, 0.15) is 44.6 Å². The van der Waals surface area contributed by atoms with Gasteiger partial charge in [0.2, 0.25) is 5.95 Å². The van der Waals surface area contributed by atoms with Crippen LogP contribution in [0.15, 0.2) is 42.6 Å². The lowest BCUT2D eigenvalue weighted by Crippen LogP contribution is -2.48. The number of anilines is 2. The molecule has 5 nitrogen and oxygen atoms in total. The number of benzene rings is 2. The summed E-state index contributed by atoms with van der Waals surface area (Å²) >= 11 is 0. The summed E-state index contributed by atoms with van der Waals surface area (Å²) in [5.74, 6) is -1.20. The minimum atomic E-state index is -0.745. The van der Waals surface area contributed by atoms with Crippen molar-refractivity contribution < 1.29 is 17.6 Å². The third kappa shape index (κ3) is 5.93. The Bertz CT molecular complexity index is 1260. The lowest BCUT2D eigenvalue weighted by molar-refractivity contribution is 0.105. The third-order valence-corrected chi connectivity index (χ3v) is 7.85. The summed E-state index contributed by atoms with van der Waals surface area (Å²) in [5, 5.41) is 3.07. The Morgan fingerprint density at radius 2 is 1.63 bits per heavy atom. The molecule has 3 heterocycles. The van der Waals surface area contributed by atoms with E-state index < -0.39 is 23.3 Å². The molecule has 0 aliphatic carbocycles. The number of hydrogen-bond acceptors (Lipinski definition) is 5. The Balaban J connectivity index is 1.36. The first-order valence-corrected chi connectivity index (χ1v) is 13.4. The predicted molar refractivity (Wildman–Crippen MR) is 141 cm³/mol. The largest absolute Gasteiger partial charge is 0.365 e. The summed E-state index contributed by atoms with van der Waals surface area (Å²) in [4.78, 5) is 14.0. The number of hydrogen-bond donors (Lipinski definition) is 1. The molecule has 1 N–H and O–H groups in total. The van der Waals surface area contributed by atoms with Crippen LogP contribution in [-0.4, -0.2) is 47.1 Å². The van der Waals surface area contributed by atoms with Gasteiger partial charge in [0.05, 0.1) is 0 Å². The molecule has 2 fully saturated rings. The molecule has 2 aliphatic heterocycles. The van der Waals surface area contributed by atoms with Gasteiger partial charge in [-0.15, -0.1) is 0 Å². The van der Waals surface area contributed by atoms with Gasteiger partial charge in [0.1, 0.15) is 29.1 Å². The second-order valence-electron chi connectivity index (χ2n) is 10.3. The maximum Gasteiger partial charge on any atom is 0.227 e. The summed E-state index contributed by atoms with van der Waals surface area (Å²) < 4.78 is 55.9. The van der Waals surface area contributed by atoms with E-state index in [9.17, 15) is 17.6 Å². The van der Waals surface area contributed by atoms with E-state index in [1.54, 1.807) is 0 Å². The van der Waals surface area contributed by atoms with Crippen molar-refractivity contribution in [1.29, 1.82) is 0 Å². The van der Waals surface area contributed by atoms with Gasteiger partial charge in [-0.05, 0) is 56.3 Å². The maximum absolute atomic E-state index is 14.7. The second-order valence-corrected chi connectivity index (χ2v) is 10.3. The van der Waals surface area contributed by atoms with Crippen molar-refractivity contribution in [2.45, 2.75) is 51.6 Å². The molecule has 2 aromatic carbocycles. The zero-order valence-electron chi connectivity index (χ0n) is 21.6. The van der Waals surface area contributed by atoms with E-state index in [0.717, 1.165) is 50.5 Å². The van der Waals surface area contributed by atoms with Crippen LogP contribution in [0.3, 0.4) is 0 Å². The van der Waals surface area contributed by atoms with Gasteiger partial charge < -0.3 is 10.2 Å². The molecule has 0 bridgehead atoms. The number of aromatic nitrogens is 2. The van der Waals surface area contributed by atoms with Crippen molar-refractivity contribution in [3.63, 3.8) is 0 Å². The van der Waals surface area contributed by atoms with Crippen LogP contribution in [0.4, 0.5) is 29.3 Å². The molecule has 38 heavy (non-hydrogen) atoms. The monoisotopic (exact) mass is 527 g/mol. The van der Waals surface area contributed by atoms with Crippen LogP contribution in [0.2, 0.25) is 0 Å². The summed E-state index contributed by atoms with van der Waals surface area (Å²) in [5.41, 5.74) is 0.710.